The van der Waals surface area contributed by atoms with E-state index in [9.17, 15) is 22.8 Å². The lowest BCUT2D eigenvalue weighted by molar-refractivity contribution is -0.118. The highest BCUT2D eigenvalue weighted by molar-refractivity contribution is 6.06. The maximum absolute atomic E-state index is 13.8. The fourth-order valence-electron chi connectivity index (χ4n) is 2.45. The van der Waals surface area contributed by atoms with E-state index in [2.05, 4.69) is 10.6 Å². The summed E-state index contributed by atoms with van der Waals surface area (Å²) < 4.78 is 45.7. The van der Waals surface area contributed by atoms with Crippen molar-refractivity contribution in [1.82, 2.24) is 0 Å². The maximum atomic E-state index is 13.8. The van der Waals surface area contributed by atoms with Crippen LogP contribution in [0.5, 0.6) is 5.75 Å². The van der Waals surface area contributed by atoms with Gasteiger partial charge in [0.05, 0.1) is 16.9 Å². The summed E-state index contributed by atoms with van der Waals surface area (Å²) >= 11 is 0. The molecule has 0 atom stereocenters. The van der Waals surface area contributed by atoms with Crippen molar-refractivity contribution in [2.45, 2.75) is 0 Å². The van der Waals surface area contributed by atoms with Crippen LogP contribution in [0.4, 0.5) is 24.5 Å². The quantitative estimate of drug-likeness (QED) is 0.646. The van der Waals surface area contributed by atoms with Crippen LogP contribution in [0.1, 0.15) is 10.4 Å². The van der Waals surface area contributed by atoms with Crippen LogP contribution in [-0.4, -0.2) is 18.4 Å². The van der Waals surface area contributed by atoms with Crippen LogP contribution in [0.3, 0.4) is 0 Å². The van der Waals surface area contributed by atoms with E-state index in [4.69, 9.17) is 4.74 Å². The number of carbonyl (C=O) groups excluding carboxylic acids is 2. The van der Waals surface area contributed by atoms with E-state index in [1.807, 2.05) is 0 Å². The Bertz CT molecular complexity index is 1060. The third-order valence-electron chi connectivity index (χ3n) is 3.82. The summed E-state index contributed by atoms with van der Waals surface area (Å²) in [6.07, 6.45) is 0. The molecule has 0 bridgehead atoms. The highest BCUT2D eigenvalue weighted by Gasteiger charge is 2.16. The van der Waals surface area contributed by atoms with Gasteiger partial charge >= 0.3 is 0 Å². The summed E-state index contributed by atoms with van der Waals surface area (Å²) in [5.74, 6) is -3.57. The summed E-state index contributed by atoms with van der Waals surface area (Å²) in [4.78, 5) is 24.4. The minimum Gasteiger partial charge on any atom is -0.483 e. The maximum Gasteiger partial charge on any atom is 0.262 e. The molecule has 0 unspecified atom stereocenters. The van der Waals surface area contributed by atoms with Crippen LogP contribution in [0.2, 0.25) is 0 Å². The Labute approximate surface area is 164 Å². The third kappa shape index (κ3) is 5.13. The number of carbonyl (C=O) groups is 2. The van der Waals surface area contributed by atoms with Crippen LogP contribution in [0.15, 0.2) is 66.7 Å². The lowest BCUT2D eigenvalue weighted by atomic mass is 10.2. The minimum atomic E-state index is -0.930. The van der Waals surface area contributed by atoms with Gasteiger partial charge in [0, 0.05) is 6.07 Å². The number of para-hydroxylation sites is 2. The van der Waals surface area contributed by atoms with Crippen molar-refractivity contribution in [2.24, 2.45) is 0 Å². The number of rotatable bonds is 6. The van der Waals surface area contributed by atoms with E-state index < -0.39 is 35.9 Å². The Morgan fingerprint density at radius 2 is 1.48 bits per heavy atom. The van der Waals surface area contributed by atoms with Gasteiger partial charge in [-0.3, -0.25) is 9.59 Å². The van der Waals surface area contributed by atoms with Gasteiger partial charge in [-0.1, -0.05) is 24.3 Å². The average Bonchev–Trinajstić information content (AvgIpc) is 2.70. The highest BCUT2D eigenvalue weighted by Crippen LogP contribution is 2.22. The van der Waals surface area contributed by atoms with Crippen molar-refractivity contribution in [3.8, 4) is 5.75 Å². The second kappa shape index (κ2) is 8.92. The van der Waals surface area contributed by atoms with Crippen LogP contribution < -0.4 is 15.4 Å². The van der Waals surface area contributed by atoms with Gasteiger partial charge in [0.15, 0.2) is 6.61 Å². The van der Waals surface area contributed by atoms with E-state index in [1.54, 1.807) is 18.2 Å². The van der Waals surface area contributed by atoms with E-state index in [1.165, 1.54) is 30.3 Å². The lowest BCUT2D eigenvalue weighted by Crippen LogP contribution is -2.22. The first-order valence-corrected chi connectivity index (χ1v) is 8.46. The molecule has 2 N–H and O–H groups in total. The summed E-state index contributed by atoms with van der Waals surface area (Å²) in [5, 5.41) is 4.68. The number of hydrogen-bond donors (Lipinski definition) is 2. The summed E-state index contributed by atoms with van der Waals surface area (Å²) in [7, 11) is 0. The van der Waals surface area contributed by atoms with E-state index in [0.717, 1.165) is 12.1 Å². The normalized spacial score (nSPS) is 10.3. The molecule has 5 nitrogen and oxygen atoms in total. The van der Waals surface area contributed by atoms with Gasteiger partial charge in [0.2, 0.25) is 0 Å². The molecule has 3 rings (SSSR count). The van der Waals surface area contributed by atoms with Crippen molar-refractivity contribution in [3.63, 3.8) is 0 Å². The molecule has 8 heteroatoms. The molecule has 0 aliphatic rings. The zero-order valence-corrected chi connectivity index (χ0v) is 14.9. The van der Waals surface area contributed by atoms with Gasteiger partial charge in [-0.15, -0.1) is 0 Å². The number of anilines is 2. The molecule has 2 amide bonds. The zero-order valence-electron chi connectivity index (χ0n) is 14.9. The van der Waals surface area contributed by atoms with E-state index in [-0.39, 0.29) is 22.7 Å². The topological polar surface area (TPSA) is 67.4 Å². The van der Waals surface area contributed by atoms with Crippen LogP contribution in [0, 0.1) is 17.5 Å². The van der Waals surface area contributed by atoms with E-state index in [0.29, 0.717) is 6.07 Å². The Hall–Kier alpha value is -3.81. The first-order valence-electron chi connectivity index (χ1n) is 8.46. The molecule has 0 aliphatic carbocycles. The molecule has 0 aromatic heterocycles. The second-order valence-corrected chi connectivity index (χ2v) is 5.89. The Morgan fingerprint density at radius 1 is 0.793 bits per heavy atom. The number of nitrogens with one attached hydrogen (secondary N) is 2. The van der Waals surface area contributed by atoms with Gasteiger partial charge in [-0.2, -0.15) is 0 Å². The molecule has 0 aliphatic heterocycles. The van der Waals surface area contributed by atoms with Crippen LogP contribution >= 0.6 is 0 Å². The van der Waals surface area contributed by atoms with Gasteiger partial charge in [-0.25, -0.2) is 13.2 Å². The third-order valence-corrected chi connectivity index (χ3v) is 3.82. The van der Waals surface area contributed by atoms with Crippen molar-refractivity contribution in [2.75, 3.05) is 17.2 Å². The predicted octanol–water partition coefficient (Wildman–Crippen LogP) is 4.37. The number of benzene rings is 3. The molecule has 3 aromatic rings. The van der Waals surface area contributed by atoms with Crippen molar-refractivity contribution >= 4 is 23.2 Å². The largest absolute Gasteiger partial charge is 0.483 e. The molecule has 0 spiro atoms. The summed E-state index contributed by atoms with van der Waals surface area (Å²) in [6.45, 7) is -0.483. The van der Waals surface area contributed by atoms with Crippen molar-refractivity contribution in [3.05, 3.63) is 89.7 Å². The van der Waals surface area contributed by atoms with Crippen molar-refractivity contribution < 1.29 is 27.5 Å². The molecule has 29 heavy (non-hydrogen) atoms. The molecule has 148 valence electrons. The highest BCUT2D eigenvalue weighted by atomic mass is 19.1. The van der Waals surface area contributed by atoms with Gasteiger partial charge in [-0.05, 0) is 36.4 Å². The number of halogens is 3. The molecule has 0 saturated heterocycles. The number of amides is 2. The Balaban J connectivity index is 1.67. The molecule has 0 fully saturated rings. The van der Waals surface area contributed by atoms with Gasteiger partial charge < -0.3 is 15.4 Å². The molecular weight excluding hydrogens is 385 g/mol. The fourth-order valence-corrected chi connectivity index (χ4v) is 2.45. The standard InChI is InChI=1S/C21H15F3N2O3/c22-13-9-10-18(16(24)11-13)26-21(28)14-5-1-4-8-19(14)29-12-20(27)25-17-7-3-2-6-15(17)23/h1-11H,12H2,(H,25,27)(H,26,28). The number of ether oxygens (including phenoxy) is 1. The Kier molecular flexibility index (Phi) is 6.13. The second-order valence-electron chi connectivity index (χ2n) is 5.89. The van der Waals surface area contributed by atoms with Crippen molar-refractivity contribution in [1.29, 1.82) is 0 Å². The van der Waals surface area contributed by atoms with Gasteiger partial charge in [0.1, 0.15) is 23.2 Å². The summed E-state index contributed by atoms with van der Waals surface area (Å²) in [5.41, 5.74) is -0.169. The molecule has 3 aromatic carbocycles. The first kappa shape index (κ1) is 19.9. The van der Waals surface area contributed by atoms with E-state index >= 15 is 0 Å². The predicted molar refractivity (Wildman–Crippen MR) is 101 cm³/mol. The molecule has 0 heterocycles. The zero-order chi connectivity index (χ0) is 20.8. The number of hydrogen-bond acceptors (Lipinski definition) is 3. The Morgan fingerprint density at radius 3 is 2.24 bits per heavy atom. The minimum absolute atomic E-state index is 0.00101. The first-order chi connectivity index (χ1) is 13.9. The van der Waals surface area contributed by atoms with Crippen LogP contribution in [0.25, 0.3) is 0 Å². The molecule has 0 saturated carbocycles. The average molecular weight is 400 g/mol. The smallest absolute Gasteiger partial charge is 0.262 e. The monoisotopic (exact) mass is 400 g/mol. The fraction of sp³-hybridized carbons (Fsp3) is 0.0476. The SMILES string of the molecule is O=C(COc1ccccc1C(=O)Nc1ccc(F)cc1F)Nc1ccccc1F. The summed E-state index contributed by atoms with van der Waals surface area (Å²) in [6, 6.07) is 14.4. The lowest BCUT2D eigenvalue weighted by Gasteiger charge is -2.12. The molecule has 0 radical (unpaired) electrons. The van der Waals surface area contributed by atoms with Crippen LogP contribution in [-0.2, 0) is 4.79 Å². The van der Waals surface area contributed by atoms with Gasteiger partial charge in [0.25, 0.3) is 11.8 Å². The molecular formula is C21H15F3N2O3.